The van der Waals surface area contributed by atoms with Crippen LogP contribution in [0.3, 0.4) is 0 Å². The molecule has 34 heavy (non-hydrogen) atoms. The molecule has 1 aliphatic carbocycles. The number of hydrogen-bond acceptors (Lipinski definition) is 8. The maximum absolute atomic E-state index is 12.2. The predicted octanol–water partition coefficient (Wildman–Crippen LogP) is 3.01. The van der Waals surface area contributed by atoms with Crippen molar-refractivity contribution in [1.82, 2.24) is 15.5 Å². The Morgan fingerprint density at radius 3 is 2.71 bits per heavy atom. The van der Waals surface area contributed by atoms with Crippen molar-refractivity contribution in [3.8, 4) is 5.75 Å². The molecule has 2 aliphatic rings. The van der Waals surface area contributed by atoms with Gasteiger partial charge in [0.05, 0.1) is 13.2 Å². The van der Waals surface area contributed by atoms with Gasteiger partial charge in [-0.1, -0.05) is 6.42 Å². The number of ketones is 1. The number of aliphatic hydroxyl groups excluding tert-OH is 1. The van der Waals surface area contributed by atoms with E-state index < -0.39 is 12.4 Å². The summed E-state index contributed by atoms with van der Waals surface area (Å²) in [4.78, 5) is 30.2. The van der Waals surface area contributed by atoms with Gasteiger partial charge in [0.15, 0.2) is 5.78 Å². The molecular formula is C25H34N4O5. The summed E-state index contributed by atoms with van der Waals surface area (Å²) in [5, 5.41) is 15.5. The number of aryl methyl sites for hydroxylation is 1. The molecule has 4 rings (SSSR count). The number of hydrogen-bond donors (Lipinski definition) is 2. The number of piperidine rings is 1. The lowest BCUT2D eigenvalue weighted by Gasteiger charge is -2.31. The third kappa shape index (κ3) is 6.14. The fraction of sp³-hybridized carbons (Fsp3) is 0.600. The molecular weight excluding hydrogens is 436 g/mol. The van der Waals surface area contributed by atoms with Gasteiger partial charge in [-0.05, 0) is 80.3 Å². The Kier molecular flexibility index (Phi) is 8.16. The smallest absolute Gasteiger partial charge is 0.266 e. The highest BCUT2D eigenvalue weighted by atomic mass is 16.5. The summed E-state index contributed by atoms with van der Waals surface area (Å²) in [6, 6.07) is 5.31. The SMILES string of the molecule is Cc1cc(OCCCC2CCN(c3noc(C4CCC4)n3)CC2)ccc1C(=O)NCC(=O)CO. The summed E-state index contributed by atoms with van der Waals surface area (Å²) < 4.78 is 11.4. The van der Waals surface area contributed by atoms with Crippen molar-refractivity contribution in [2.24, 2.45) is 5.92 Å². The number of nitrogens with zero attached hydrogens (tertiary/aromatic N) is 3. The van der Waals surface area contributed by atoms with Crippen LogP contribution in [0.5, 0.6) is 5.75 Å². The number of rotatable bonds is 11. The van der Waals surface area contributed by atoms with Crippen LogP contribution in [0.15, 0.2) is 22.7 Å². The summed E-state index contributed by atoms with van der Waals surface area (Å²) in [6.07, 6.45) is 7.92. The summed E-state index contributed by atoms with van der Waals surface area (Å²) in [7, 11) is 0. The van der Waals surface area contributed by atoms with Gasteiger partial charge in [0, 0.05) is 24.6 Å². The molecule has 0 spiro atoms. The standard InChI is InChI=1S/C25H34N4O5/c1-17-14-21(7-8-22(17)23(32)26-15-20(31)16-30)33-13-3-4-18-9-11-29(12-10-18)25-27-24(34-28-25)19-5-2-6-19/h7-8,14,18-19,30H,2-6,9-13,15-16H2,1H3,(H,26,32). The average molecular weight is 471 g/mol. The van der Waals surface area contributed by atoms with E-state index in [1.165, 1.54) is 19.3 Å². The fourth-order valence-corrected chi connectivity index (χ4v) is 4.47. The molecule has 0 bridgehead atoms. The van der Waals surface area contributed by atoms with Crippen LogP contribution in [-0.4, -0.2) is 59.8 Å². The maximum atomic E-state index is 12.2. The molecule has 0 atom stereocenters. The highest BCUT2D eigenvalue weighted by Crippen LogP contribution is 2.36. The van der Waals surface area contributed by atoms with Crippen LogP contribution < -0.4 is 15.0 Å². The van der Waals surface area contributed by atoms with Crippen LogP contribution >= 0.6 is 0 Å². The molecule has 1 saturated carbocycles. The lowest BCUT2D eigenvalue weighted by atomic mass is 9.85. The molecule has 9 nitrogen and oxygen atoms in total. The van der Waals surface area contributed by atoms with Gasteiger partial charge in [0.25, 0.3) is 11.9 Å². The van der Waals surface area contributed by atoms with E-state index >= 15 is 0 Å². The molecule has 184 valence electrons. The fourth-order valence-electron chi connectivity index (χ4n) is 4.47. The van der Waals surface area contributed by atoms with Crippen molar-refractivity contribution >= 4 is 17.6 Å². The highest BCUT2D eigenvalue weighted by molar-refractivity contribution is 5.98. The van der Waals surface area contributed by atoms with Gasteiger partial charge in [-0.15, -0.1) is 0 Å². The normalized spacial score (nSPS) is 16.8. The number of nitrogens with one attached hydrogen (secondary N) is 1. The molecule has 2 heterocycles. The van der Waals surface area contributed by atoms with Gasteiger partial charge in [-0.25, -0.2) is 0 Å². The summed E-state index contributed by atoms with van der Waals surface area (Å²) in [5.74, 6) is 2.67. The average Bonchev–Trinajstić information content (AvgIpc) is 3.28. The first-order valence-corrected chi connectivity index (χ1v) is 12.3. The summed E-state index contributed by atoms with van der Waals surface area (Å²) in [6.45, 7) is 3.63. The van der Waals surface area contributed by atoms with Crippen LogP contribution in [-0.2, 0) is 4.79 Å². The van der Waals surface area contributed by atoms with Gasteiger partial charge in [0.1, 0.15) is 12.4 Å². The Balaban J connectivity index is 1.14. The third-order valence-corrected chi connectivity index (χ3v) is 6.87. The van der Waals surface area contributed by atoms with Crippen LogP contribution in [0.4, 0.5) is 5.95 Å². The molecule has 0 radical (unpaired) electrons. The van der Waals surface area contributed by atoms with Crippen molar-refractivity contribution < 1.29 is 24.0 Å². The molecule has 2 aromatic rings. The van der Waals surface area contributed by atoms with Crippen LogP contribution in [0.25, 0.3) is 0 Å². The number of aromatic nitrogens is 2. The molecule has 1 amide bonds. The maximum Gasteiger partial charge on any atom is 0.266 e. The summed E-state index contributed by atoms with van der Waals surface area (Å²) in [5.41, 5.74) is 1.27. The number of ether oxygens (including phenoxy) is 1. The molecule has 1 saturated heterocycles. The minimum Gasteiger partial charge on any atom is -0.494 e. The second-order valence-corrected chi connectivity index (χ2v) is 9.34. The van der Waals surface area contributed by atoms with Gasteiger partial charge in [-0.2, -0.15) is 4.98 Å². The molecule has 1 aliphatic heterocycles. The van der Waals surface area contributed by atoms with E-state index in [2.05, 4.69) is 20.4 Å². The third-order valence-electron chi connectivity index (χ3n) is 6.87. The number of anilines is 1. The van der Waals surface area contributed by atoms with Crippen LogP contribution in [0, 0.1) is 12.8 Å². The quantitative estimate of drug-likeness (QED) is 0.481. The number of carbonyl (C=O) groups excluding carboxylic acids is 2. The van der Waals surface area contributed by atoms with E-state index in [1.807, 2.05) is 13.0 Å². The Bertz CT molecular complexity index is 979. The van der Waals surface area contributed by atoms with Crippen LogP contribution in [0.2, 0.25) is 0 Å². The predicted molar refractivity (Wildman–Crippen MR) is 126 cm³/mol. The van der Waals surface area contributed by atoms with Crippen molar-refractivity contribution in [3.05, 3.63) is 35.2 Å². The summed E-state index contributed by atoms with van der Waals surface area (Å²) >= 11 is 0. The van der Waals surface area contributed by atoms with E-state index in [-0.39, 0.29) is 12.5 Å². The van der Waals surface area contributed by atoms with E-state index in [0.717, 1.165) is 61.9 Å². The zero-order valence-corrected chi connectivity index (χ0v) is 19.8. The second kappa shape index (κ2) is 11.5. The first-order chi connectivity index (χ1) is 16.5. The second-order valence-electron chi connectivity index (χ2n) is 9.34. The Morgan fingerprint density at radius 2 is 2.03 bits per heavy atom. The van der Waals surface area contributed by atoms with Crippen LogP contribution in [0.1, 0.15) is 72.7 Å². The van der Waals surface area contributed by atoms with E-state index in [4.69, 9.17) is 14.4 Å². The van der Waals surface area contributed by atoms with Crippen molar-refractivity contribution in [3.63, 3.8) is 0 Å². The number of Topliss-reactive ketones (excluding diaryl/α,β-unsaturated/α-hetero) is 1. The largest absolute Gasteiger partial charge is 0.494 e. The van der Waals surface area contributed by atoms with Gasteiger partial charge >= 0.3 is 0 Å². The Labute approximate surface area is 199 Å². The van der Waals surface area contributed by atoms with E-state index in [0.29, 0.717) is 24.0 Å². The molecule has 2 fully saturated rings. The molecule has 2 N–H and O–H groups in total. The minimum atomic E-state index is -0.578. The van der Waals surface area contributed by atoms with E-state index in [1.54, 1.807) is 12.1 Å². The number of aliphatic hydroxyl groups is 1. The zero-order valence-electron chi connectivity index (χ0n) is 19.8. The Hall–Kier alpha value is -2.94. The topological polar surface area (TPSA) is 118 Å². The lowest BCUT2D eigenvalue weighted by Crippen LogP contribution is -2.34. The first kappa shape index (κ1) is 24.2. The molecule has 9 heteroatoms. The number of amides is 1. The molecule has 1 aromatic heterocycles. The van der Waals surface area contributed by atoms with Crippen molar-refractivity contribution in [2.45, 2.75) is 57.8 Å². The van der Waals surface area contributed by atoms with Gasteiger partial charge in [0.2, 0.25) is 5.89 Å². The highest BCUT2D eigenvalue weighted by Gasteiger charge is 2.28. The first-order valence-electron chi connectivity index (χ1n) is 12.3. The number of carbonyl (C=O) groups is 2. The lowest BCUT2D eigenvalue weighted by molar-refractivity contribution is -0.120. The minimum absolute atomic E-state index is 0.178. The number of benzene rings is 1. The van der Waals surface area contributed by atoms with Crippen molar-refractivity contribution in [1.29, 1.82) is 0 Å². The molecule has 1 aromatic carbocycles. The van der Waals surface area contributed by atoms with Gasteiger partial charge in [-0.3, -0.25) is 9.59 Å². The van der Waals surface area contributed by atoms with Gasteiger partial charge < -0.3 is 24.6 Å². The Morgan fingerprint density at radius 1 is 1.24 bits per heavy atom. The van der Waals surface area contributed by atoms with Crippen molar-refractivity contribution in [2.75, 3.05) is 37.7 Å². The molecule has 0 unspecified atom stereocenters. The van der Waals surface area contributed by atoms with E-state index in [9.17, 15) is 9.59 Å². The monoisotopic (exact) mass is 470 g/mol. The zero-order chi connectivity index (χ0) is 23.9.